The van der Waals surface area contributed by atoms with Crippen LogP contribution in [0.15, 0.2) is 30.6 Å². The van der Waals surface area contributed by atoms with Crippen molar-refractivity contribution in [2.24, 2.45) is 13.0 Å². The maximum absolute atomic E-state index is 14.5. The SMILES string of the molecule is Cn1cnnc1CC1(c2cc(NCC3CCOCC3)nc(N3Cc4c(cc(CNC5(C)CCC5)cc4C(F)(F)F)C3=O)c2)CCC1. The summed E-state index contributed by atoms with van der Waals surface area (Å²) in [6, 6.07) is 6.81. The largest absolute Gasteiger partial charge is 0.416 e. The molecular weight excluding hydrogens is 595 g/mol. The second kappa shape index (κ2) is 11.9. The van der Waals surface area contributed by atoms with Gasteiger partial charge < -0.3 is 19.9 Å². The lowest BCUT2D eigenvalue weighted by atomic mass is 9.62. The second-order valence-electron chi connectivity index (χ2n) is 14.0. The molecule has 2 aromatic heterocycles. The van der Waals surface area contributed by atoms with Crippen LogP contribution in [-0.2, 0) is 42.9 Å². The van der Waals surface area contributed by atoms with Crippen LogP contribution in [-0.4, -0.2) is 51.0 Å². The summed E-state index contributed by atoms with van der Waals surface area (Å²) >= 11 is 0. The number of aromatic nitrogens is 4. The molecule has 12 heteroatoms. The van der Waals surface area contributed by atoms with E-state index in [-0.39, 0.29) is 35.2 Å². The highest BCUT2D eigenvalue weighted by molar-refractivity contribution is 6.10. The van der Waals surface area contributed by atoms with E-state index in [9.17, 15) is 18.0 Å². The highest BCUT2D eigenvalue weighted by atomic mass is 19.4. The summed E-state index contributed by atoms with van der Waals surface area (Å²) in [5.74, 6) is 1.84. The summed E-state index contributed by atoms with van der Waals surface area (Å²) in [6.07, 6.45) is 5.68. The number of benzene rings is 1. The maximum Gasteiger partial charge on any atom is 0.416 e. The number of nitrogens with one attached hydrogen (secondary N) is 2. The molecular formula is C34H42F3N7O2. The number of carbonyl (C=O) groups excluding carboxylic acids is 1. The normalized spacial score (nSPS) is 20.7. The Labute approximate surface area is 267 Å². The number of anilines is 2. The van der Waals surface area contributed by atoms with Crippen LogP contribution >= 0.6 is 0 Å². The van der Waals surface area contributed by atoms with Crippen molar-refractivity contribution in [1.82, 2.24) is 25.1 Å². The van der Waals surface area contributed by atoms with Gasteiger partial charge in [0.05, 0.1) is 12.1 Å². The van der Waals surface area contributed by atoms with Crippen molar-refractivity contribution in [3.05, 3.63) is 64.2 Å². The van der Waals surface area contributed by atoms with Crippen LogP contribution in [0.1, 0.15) is 96.7 Å². The molecule has 7 rings (SSSR count). The van der Waals surface area contributed by atoms with Crippen LogP contribution in [0.2, 0.25) is 0 Å². The summed E-state index contributed by atoms with van der Waals surface area (Å²) in [5, 5.41) is 15.3. The summed E-state index contributed by atoms with van der Waals surface area (Å²) in [5.41, 5.74) is 0.546. The number of ether oxygens (including phenoxy) is 1. The standard InChI is InChI=1S/C34H42F3N7O2/c1-32(7-3-8-32)39-19-23-13-25-26(27(14-23)34(35,36)37)20-44(31(25)45)29-16-24(15-28(41-29)38-18-22-5-11-46-12-6-22)33(9-4-10-33)17-30-42-40-21-43(30)2/h13-16,21-22,39H,3-12,17-20H2,1-2H3,(H,38,41). The smallest absolute Gasteiger partial charge is 0.381 e. The van der Waals surface area contributed by atoms with Gasteiger partial charge in [-0.05, 0) is 98.7 Å². The fourth-order valence-electron chi connectivity index (χ4n) is 7.40. The Morgan fingerprint density at radius 3 is 2.46 bits per heavy atom. The van der Waals surface area contributed by atoms with Crippen LogP contribution in [0.25, 0.3) is 0 Å². The summed E-state index contributed by atoms with van der Waals surface area (Å²) in [7, 11) is 1.93. The minimum absolute atomic E-state index is 0.0115. The molecule has 4 aliphatic rings. The van der Waals surface area contributed by atoms with Gasteiger partial charge in [-0.3, -0.25) is 9.69 Å². The van der Waals surface area contributed by atoms with Crippen molar-refractivity contribution >= 4 is 17.5 Å². The van der Waals surface area contributed by atoms with E-state index in [1.807, 2.05) is 17.7 Å². The Balaban J connectivity index is 1.23. The number of hydrogen-bond acceptors (Lipinski definition) is 7. The first kappa shape index (κ1) is 31.1. The number of rotatable bonds is 10. The van der Waals surface area contributed by atoms with E-state index in [0.717, 1.165) is 76.0 Å². The molecule has 0 radical (unpaired) electrons. The lowest BCUT2D eigenvalue weighted by molar-refractivity contribution is -0.138. The van der Waals surface area contributed by atoms with Gasteiger partial charge in [-0.25, -0.2) is 4.98 Å². The van der Waals surface area contributed by atoms with Gasteiger partial charge in [-0.15, -0.1) is 10.2 Å². The molecule has 0 spiro atoms. The lowest BCUT2D eigenvalue weighted by Gasteiger charge is -2.42. The van der Waals surface area contributed by atoms with Crippen molar-refractivity contribution in [2.75, 3.05) is 30.0 Å². The Hall–Kier alpha value is -3.51. The van der Waals surface area contributed by atoms with Gasteiger partial charge in [0.25, 0.3) is 5.91 Å². The number of carbonyl (C=O) groups is 1. The Morgan fingerprint density at radius 2 is 1.83 bits per heavy atom. The number of aryl methyl sites for hydroxylation is 1. The average Bonchev–Trinajstić information content (AvgIpc) is 3.57. The van der Waals surface area contributed by atoms with Crippen molar-refractivity contribution in [2.45, 2.75) is 94.9 Å². The summed E-state index contributed by atoms with van der Waals surface area (Å²) in [6.45, 7) is 4.35. The highest BCUT2D eigenvalue weighted by Gasteiger charge is 2.43. The molecule has 3 fully saturated rings. The first-order chi connectivity index (χ1) is 22.0. The van der Waals surface area contributed by atoms with E-state index >= 15 is 0 Å². The van der Waals surface area contributed by atoms with Crippen LogP contribution in [0.4, 0.5) is 24.8 Å². The van der Waals surface area contributed by atoms with Crippen molar-refractivity contribution in [1.29, 1.82) is 0 Å². The zero-order valence-corrected chi connectivity index (χ0v) is 26.6. The average molecular weight is 638 g/mol. The third-order valence-electron chi connectivity index (χ3n) is 10.8. The number of amides is 1. The first-order valence-corrected chi connectivity index (χ1v) is 16.5. The predicted molar refractivity (Wildman–Crippen MR) is 168 cm³/mol. The van der Waals surface area contributed by atoms with Gasteiger partial charge in [-0.1, -0.05) is 6.42 Å². The third-order valence-corrected chi connectivity index (χ3v) is 10.8. The number of pyridine rings is 1. The number of fused-ring (bicyclic) bond motifs is 1. The molecule has 3 aromatic rings. The van der Waals surface area contributed by atoms with Gasteiger partial charge in [0.15, 0.2) is 0 Å². The van der Waals surface area contributed by atoms with Crippen LogP contribution < -0.4 is 15.5 Å². The van der Waals surface area contributed by atoms with Crippen LogP contribution in [0, 0.1) is 5.92 Å². The molecule has 0 unspecified atom stereocenters. The number of hydrogen-bond donors (Lipinski definition) is 2. The van der Waals surface area contributed by atoms with Crippen LogP contribution in [0.3, 0.4) is 0 Å². The van der Waals surface area contributed by atoms with E-state index < -0.39 is 17.6 Å². The van der Waals surface area contributed by atoms with E-state index in [1.165, 1.54) is 11.0 Å². The highest BCUT2D eigenvalue weighted by Crippen LogP contribution is 2.48. The van der Waals surface area contributed by atoms with Crippen molar-refractivity contribution in [3.8, 4) is 0 Å². The quantitative estimate of drug-likeness (QED) is 0.285. The van der Waals surface area contributed by atoms with E-state index in [1.54, 1.807) is 12.4 Å². The molecule has 46 heavy (non-hydrogen) atoms. The fourth-order valence-corrected chi connectivity index (χ4v) is 7.40. The third kappa shape index (κ3) is 6.01. The molecule has 0 bridgehead atoms. The van der Waals surface area contributed by atoms with Gasteiger partial charge >= 0.3 is 6.18 Å². The van der Waals surface area contributed by atoms with Gasteiger partial charge in [0, 0.05) is 56.3 Å². The van der Waals surface area contributed by atoms with Crippen molar-refractivity contribution in [3.63, 3.8) is 0 Å². The minimum atomic E-state index is -4.59. The zero-order chi connectivity index (χ0) is 32.1. The molecule has 2 N–H and O–H groups in total. The van der Waals surface area contributed by atoms with Crippen molar-refractivity contribution < 1.29 is 22.7 Å². The minimum Gasteiger partial charge on any atom is -0.381 e. The molecule has 2 saturated carbocycles. The predicted octanol–water partition coefficient (Wildman–Crippen LogP) is 5.92. The lowest BCUT2D eigenvalue weighted by Crippen LogP contribution is -2.47. The molecule has 9 nitrogen and oxygen atoms in total. The Bertz CT molecular complexity index is 1610. The second-order valence-corrected chi connectivity index (χ2v) is 14.0. The van der Waals surface area contributed by atoms with E-state index in [2.05, 4.69) is 33.8 Å². The molecule has 4 heterocycles. The molecule has 2 aliphatic carbocycles. The Morgan fingerprint density at radius 1 is 1.07 bits per heavy atom. The number of nitrogens with zero attached hydrogens (tertiary/aromatic N) is 5. The topological polar surface area (TPSA) is 97.2 Å². The summed E-state index contributed by atoms with van der Waals surface area (Å²) < 4.78 is 50.8. The Kier molecular flexibility index (Phi) is 8.07. The first-order valence-electron chi connectivity index (χ1n) is 16.5. The molecule has 2 aliphatic heterocycles. The molecule has 1 amide bonds. The fraction of sp³-hybridized carbons (Fsp3) is 0.588. The van der Waals surface area contributed by atoms with Crippen LogP contribution in [0.5, 0.6) is 0 Å². The molecule has 246 valence electrons. The zero-order valence-electron chi connectivity index (χ0n) is 26.6. The molecule has 0 atom stereocenters. The van der Waals surface area contributed by atoms with Gasteiger partial charge in [0.1, 0.15) is 23.8 Å². The molecule has 1 saturated heterocycles. The maximum atomic E-state index is 14.5. The summed E-state index contributed by atoms with van der Waals surface area (Å²) in [4.78, 5) is 20.3. The monoisotopic (exact) mass is 637 g/mol. The van der Waals surface area contributed by atoms with E-state index in [0.29, 0.717) is 36.1 Å². The number of alkyl halides is 3. The van der Waals surface area contributed by atoms with Gasteiger partial charge in [-0.2, -0.15) is 13.2 Å². The number of halogens is 3. The molecule has 1 aromatic carbocycles. The van der Waals surface area contributed by atoms with E-state index in [4.69, 9.17) is 9.72 Å². The van der Waals surface area contributed by atoms with Gasteiger partial charge in [0.2, 0.25) is 0 Å².